The van der Waals surface area contributed by atoms with Gasteiger partial charge in [0.05, 0.1) is 20.5 Å². The molecule has 0 aliphatic carbocycles. The van der Waals surface area contributed by atoms with E-state index in [0.717, 1.165) is 31.3 Å². The molecule has 4 N–H and O–H groups in total. The quantitative estimate of drug-likeness (QED) is 0.111. The first-order valence-corrected chi connectivity index (χ1v) is 12.8. The van der Waals surface area contributed by atoms with E-state index in [1.165, 1.54) is 28.2 Å². The van der Waals surface area contributed by atoms with Crippen LogP contribution in [0, 0.1) is 3.57 Å². The highest BCUT2D eigenvalue weighted by Gasteiger charge is 2.31. The fraction of sp³-hybridized carbons (Fsp3) is 0.321. The minimum absolute atomic E-state index is 0.0930. The van der Waals surface area contributed by atoms with Crippen molar-refractivity contribution in [1.82, 2.24) is 0 Å². The Morgan fingerprint density at radius 3 is 2.29 bits per heavy atom. The smallest absolute Gasteiger partial charge is 0.260 e. The van der Waals surface area contributed by atoms with E-state index >= 15 is 0 Å². The maximum Gasteiger partial charge on any atom is 0.260 e. The molecule has 6 nitrogen and oxygen atoms in total. The van der Waals surface area contributed by atoms with Gasteiger partial charge in [0.2, 0.25) is 0 Å². The molecule has 0 radical (unpaired) electrons. The SMILES string of the molecule is CC(C)=CCCC(C)=CCCC(C)=CCN1C(=O)c2cccc(O)c2Nc2c1cc(O)c(I)c2O. The second-order valence-electron chi connectivity index (χ2n) is 9.15. The number of benzene rings is 2. The molecule has 0 spiro atoms. The zero-order chi connectivity index (χ0) is 25.7. The van der Waals surface area contributed by atoms with Crippen LogP contribution in [0.1, 0.15) is 63.7 Å². The molecule has 2 aromatic rings. The predicted octanol–water partition coefficient (Wildman–Crippen LogP) is 7.53. The van der Waals surface area contributed by atoms with Crippen molar-refractivity contribution in [3.05, 3.63) is 68.3 Å². The number of halogens is 1. The maximum atomic E-state index is 13.5. The third-order valence-corrected chi connectivity index (χ3v) is 7.07. The lowest BCUT2D eigenvalue weighted by Gasteiger charge is -2.23. The number of anilines is 3. The predicted molar refractivity (Wildman–Crippen MR) is 151 cm³/mol. The summed E-state index contributed by atoms with van der Waals surface area (Å²) in [6, 6.07) is 6.18. The minimum atomic E-state index is -0.332. The van der Waals surface area contributed by atoms with E-state index in [9.17, 15) is 20.1 Å². The molecule has 7 heteroatoms. The van der Waals surface area contributed by atoms with Crippen molar-refractivity contribution in [2.45, 2.75) is 53.4 Å². The van der Waals surface area contributed by atoms with Crippen LogP contribution >= 0.6 is 22.6 Å². The van der Waals surface area contributed by atoms with E-state index in [1.54, 1.807) is 12.1 Å². The van der Waals surface area contributed by atoms with Crippen LogP contribution in [0.2, 0.25) is 0 Å². The summed E-state index contributed by atoms with van der Waals surface area (Å²) in [7, 11) is 0. The first-order valence-electron chi connectivity index (χ1n) is 11.7. The van der Waals surface area contributed by atoms with Gasteiger partial charge in [-0.05, 0) is 88.1 Å². The van der Waals surface area contributed by atoms with Gasteiger partial charge in [0, 0.05) is 12.6 Å². The van der Waals surface area contributed by atoms with Crippen molar-refractivity contribution in [3.63, 3.8) is 0 Å². The zero-order valence-electron chi connectivity index (χ0n) is 20.7. The van der Waals surface area contributed by atoms with Gasteiger partial charge in [-0.3, -0.25) is 4.79 Å². The molecule has 1 amide bonds. The summed E-state index contributed by atoms with van der Waals surface area (Å²) in [6.07, 6.45) is 10.4. The summed E-state index contributed by atoms with van der Waals surface area (Å²) in [5, 5.41) is 34.5. The summed E-state index contributed by atoms with van der Waals surface area (Å²) in [5.74, 6) is -0.721. The molecule has 1 aliphatic heterocycles. The normalized spacial score (nSPS) is 13.6. The van der Waals surface area contributed by atoms with Gasteiger partial charge < -0.3 is 25.5 Å². The summed E-state index contributed by atoms with van der Waals surface area (Å²) >= 11 is 1.85. The summed E-state index contributed by atoms with van der Waals surface area (Å²) in [6.45, 7) is 8.68. The molecule has 186 valence electrons. The van der Waals surface area contributed by atoms with Crippen LogP contribution in [0.15, 0.2) is 59.2 Å². The van der Waals surface area contributed by atoms with Crippen LogP contribution in [0.25, 0.3) is 0 Å². The second kappa shape index (κ2) is 11.7. The van der Waals surface area contributed by atoms with Gasteiger partial charge >= 0.3 is 0 Å². The Balaban J connectivity index is 1.84. The lowest BCUT2D eigenvalue weighted by molar-refractivity contribution is 0.0991. The molecule has 2 aromatic carbocycles. The highest BCUT2D eigenvalue weighted by atomic mass is 127. The third-order valence-electron chi connectivity index (χ3n) is 6.00. The van der Waals surface area contributed by atoms with Crippen LogP contribution < -0.4 is 10.2 Å². The Morgan fingerprint density at radius 1 is 0.943 bits per heavy atom. The molecule has 0 saturated heterocycles. The first kappa shape index (κ1) is 26.7. The zero-order valence-corrected chi connectivity index (χ0v) is 22.8. The van der Waals surface area contributed by atoms with E-state index < -0.39 is 0 Å². The number of aromatic hydroxyl groups is 3. The number of allylic oxidation sites excluding steroid dienone is 5. The van der Waals surface area contributed by atoms with Crippen LogP contribution in [0.3, 0.4) is 0 Å². The average Bonchev–Trinajstić information content (AvgIpc) is 2.91. The summed E-state index contributed by atoms with van der Waals surface area (Å²) in [4.78, 5) is 15.0. The molecular weight excluding hydrogens is 555 g/mol. The number of carbonyl (C=O) groups is 1. The molecule has 1 aliphatic rings. The number of carbonyl (C=O) groups excluding carboxylic acids is 1. The van der Waals surface area contributed by atoms with Crippen LogP contribution in [-0.2, 0) is 0 Å². The number of hydrogen-bond donors (Lipinski definition) is 4. The molecule has 35 heavy (non-hydrogen) atoms. The van der Waals surface area contributed by atoms with Gasteiger partial charge in [-0.2, -0.15) is 0 Å². The monoisotopic (exact) mass is 588 g/mol. The van der Waals surface area contributed by atoms with Gasteiger partial charge in [0.15, 0.2) is 5.75 Å². The van der Waals surface area contributed by atoms with Gasteiger partial charge in [-0.1, -0.05) is 41.0 Å². The number of phenolic OH excluding ortho intramolecular Hbond substituents is 3. The number of para-hydroxylation sites is 1. The van der Waals surface area contributed by atoms with Crippen molar-refractivity contribution >= 4 is 45.6 Å². The first-order chi connectivity index (χ1) is 16.6. The molecule has 1 heterocycles. The van der Waals surface area contributed by atoms with Crippen molar-refractivity contribution in [2.24, 2.45) is 0 Å². The fourth-order valence-corrected chi connectivity index (χ4v) is 4.38. The molecule has 0 bridgehead atoms. The second-order valence-corrected chi connectivity index (χ2v) is 10.2. The fourth-order valence-electron chi connectivity index (χ4n) is 3.95. The van der Waals surface area contributed by atoms with Crippen molar-refractivity contribution in [3.8, 4) is 17.2 Å². The van der Waals surface area contributed by atoms with Gasteiger partial charge in [0.1, 0.15) is 17.2 Å². The molecule has 0 aromatic heterocycles. The number of fused-ring (bicyclic) bond motifs is 2. The van der Waals surface area contributed by atoms with Crippen LogP contribution in [0.5, 0.6) is 17.2 Å². The number of rotatable bonds is 8. The standard InChI is InChI=1S/C28H33IN2O4/c1-17(2)8-5-9-18(3)10-6-11-19(4)14-15-31-21-16-23(33)24(29)27(34)26(21)30-25-20(28(31)35)12-7-13-22(25)32/h7-8,10,12-14,16,30,32-34H,5-6,9,11,15H2,1-4H3. The van der Waals surface area contributed by atoms with E-state index in [-0.39, 0.29) is 50.2 Å². The lowest BCUT2D eigenvalue weighted by atomic mass is 10.1. The molecule has 0 atom stereocenters. The molecule has 0 unspecified atom stereocenters. The Bertz CT molecular complexity index is 1210. The number of nitrogens with zero attached hydrogens (tertiary/aromatic N) is 1. The number of hydrogen-bond acceptors (Lipinski definition) is 5. The van der Waals surface area contributed by atoms with Gasteiger partial charge in [-0.15, -0.1) is 0 Å². The number of nitrogens with one attached hydrogen (secondary N) is 1. The van der Waals surface area contributed by atoms with E-state index in [1.807, 2.05) is 35.6 Å². The van der Waals surface area contributed by atoms with Crippen LogP contribution in [0.4, 0.5) is 17.1 Å². The highest BCUT2D eigenvalue weighted by molar-refractivity contribution is 14.1. The number of phenols is 3. The summed E-state index contributed by atoms with van der Waals surface area (Å²) in [5.41, 5.74) is 4.98. The van der Waals surface area contributed by atoms with Crippen molar-refractivity contribution in [2.75, 3.05) is 16.8 Å². The van der Waals surface area contributed by atoms with E-state index in [2.05, 4.69) is 38.2 Å². The van der Waals surface area contributed by atoms with E-state index in [4.69, 9.17) is 0 Å². The Kier molecular flexibility index (Phi) is 8.88. The average molecular weight is 588 g/mol. The number of amides is 1. The van der Waals surface area contributed by atoms with Crippen LogP contribution in [-0.4, -0.2) is 27.8 Å². The lowest BCUT2D eigenvalue weighted by Crippen LogP contribution is -2.30. The van der Waals surface area contributed by atoms with Gasteiger partial charge in [-0.25, -0.2) is 0 Å². The van der Waals surface area contributed by atoms with Gasteiger partial charge in [0.25, 0.3) is 5.91 Å². The topological polar surface area (TPSA) is 93.0 Å². The third kappa shape index (κ3) is 6.39. The van der Waals surface area contributed by atoms with Crippen molar-refractivity contribution < 1.29 is 20.1 Å². The highest BCUT2D eigenvalue weighted by Crippen LogP contribution is 2.48. The summed E-state index contributed by atoms with van der Waals surface area (Å²) < 4.78 is 0.263. The molecule has 0 fully saturated rings. The Morgan fingerprint density at radius 2 is 1.60 bits per heavy atom. The maximum absolute atomic E-state index is 13.5. The van der Waals surface area contributed by atoms with Crippen molar-refractivity contribution in [1.29, 1.82) is 0 Å². The minimum Gasteiger partial charge on any atom is -0.507 e. The Hall–Kier alpha value is -2.94. The largest absolute Gasteiger partial charge is 0.507 e. The molecule has 3 rings (SSSR count). The Labute approximate surface area is 220 Å². The molecule has 0 saturated carbocycles. The van der Waals surface area contributed by atoms with E-state index in [0.29, 0.717) is 5.69 Å². The molecular formula is C28H33IN2O4.